The molecule has 0 unspecified atom stereocenters. The van der Waals surface area contributed by atoms with Gasteiger partial charge in [0, 0.05) is 22.5 Å². The molecule has 2 N–H and O–H groups in total. The van der Waals surface area contributed by atoms with E-state index in [1.165, 1.54) is 0 Å². The van der Waals surface area contributed by atoms with Crippen LogP contribution < -0.4 is 16.1 Å². The standard InChI is InChI=1S/C16H11BN2O2/c17-8-5-6-10-12(7-8)18-14(15(10)20)13-9-3-1-2-4-11(9)19-16(13)21/h1-7,18H,17H2,(H,19,21)/b14-13-. The second-order valence-corrected chi connectivity index (χ2v) is 5.25. The monoisotopic (exact) mass is 274 g/mol. The molecule has 0 radical (unpaired) electrons. The van der Waals surface area contributed by atoms with Crippen molar-refractivity contribution in [1.29, 1.82) is 0 Å². The third kappa shape index (κ3) is 1.64. The van der Waals surface area contributed by atoms with Crippen LogP contribution in [0.3, 0.4) is 0 Å². The molecule has 0 saturated heterocycles. The number of nitrogens with one attached hydrogen (secondary N) is 2. The van der Waals surface area contributed by atoms with Gasteiger partial charge in [0.1, 0.15) is 13.5 Å². The van der Waals surface area contributed by atoms with E-state index in [1.807, 2.05) is 44.2 Å². The summed E-state index contributed by atoms with van der Waals surface area (Å²) in [6.07, 6.45) is 0. The van der Waals surface area contributed by atoms with Gasteiger partial charge in [-0.25, -0.2) is 0 Å². The van der Waals surface area contributed by atoms with Crippen LogP contribution in [0.4, 0.5) is 11.4 Å². The lowest BCUT2D eigenvalue weighted by molar-refractivity contribution is -0.110. The molecule has 5 heteroatoms. The minimum atomic E-state index is -0.239. The van der Waals surface area contributed by atoms with Crippen molar-refractivity contribution < 1.29 is 9.59 Å². The summed E-state index contributed by atoms with van der Waals surface area (Å²) in [4.78, 5) is 24.8. The van der Waals surface area contributed by atoms with Gasteiger partial charge in [0.25, 0.3) is 5.91 Å². The third-order valence-electron chi connectivity index (χ3n) is 3.83. The predicted molar refractivity (Wildman–Crippen MR) is 84.6 cm³/mol. The Morgan fingerprint density at radius 2 is 1.67 bits per heavy atom. The van der Waals surface area contributed by atoms with E-state index in [0.717, 1.165) is 22.4 Å². The van der Waals surface area contributed by atoms with E-state index < -0.39 is 0 Å². The van der Waals surface area contributed by atoms with E-state index in [9.17, 15) is 9.59 Å². The van der Waals surface area contributed by atoms with E-state index in [1.54, 1.807) is 6.07 Å². The van der Waals surface area contributed by atoms with Gasteiger partial charge in [-0.15, -0.1) is 0 Å². The number of amides is 1. The van der Waals surface area contributed by atoms with E-state index in [0.29, 0.717) is 16.8 Å². The molecule has 2 aliphatic heterocycles. The maximum absolute atomic E-state index is 12.6. The topological polar surface area (TPSA) is 58.2 Å². The summed E-state index contributed by atoms with van der Waals surface area (Å²) in [7, 11) is 1.97. The van der Waals surface area contributed by atoms with Crippen LogP contribution in [0.15, 0.2) is 48.2 Å². The highest BCUT2D eigenvalue weighted by atomic mass is 16.2. The van der Waals surface area contributed by atoms with Crippen LogP contribution >= 0.6 is 0 Å². The van der Waals surface area contributed by atoms with Gasteiger partial charge in [0.15, 0.2) is 0 Å². The van der Waals surface area contributed by atoms with Crippen molar-refractivity contribution in [2.45, 2.75) is 0 Å². The molecular weight excluding hydrogens is 263 g/mol. The first kappa shape index (κ1) is 12.0. The molecule has 0 aliphatic carbocycles. The molecule has 0 spiro atoms. The van der Waals surface area contributed by atoms with Crippen molar-refractivity contribution in [3.63, 3.8) is 0 Å². The number of allylic oxidation sites excluding steroid dienone is 1. The number of para-hydroxylation sites is 1. The van der Waals surface area contributed by atoms with Crippen LogP contribution in [0.5, 0.6) is 0 Å². The zero-order valence-corrected chi connectivity index (χ0v) is 11.4. The normalized spacial score (nSPS) is 19.0. The summed E-state index contributed by atoms with van der Waals surface area (Å²) < 4.78 is 0. The van der Waals surface area contributed by atoms with Crippen LogP contribution in [-0.2, 0) is 4.79 Å². The molecule has 4 nitrogen and oxygen atoms in total. The summed E-state index contributed by atoms with van der Waals surface area (Å²) in [5.74, 6) is -0.372. The highest BCUT2D eigenvalue weighted by Gasteiger charge is 2.34. The van der Waals surface area contributed by atoms with E-state index in [2.05, 4.69) is 10.6 Å². The van der Waals surface area contributed by atoms with E-state index >= 15 is 0 Å². The molecule has 0 fully saturated rings. The summed E-state index contributed by atoms with van der Waals surface area (Å²) in [6.45, 7) is 0. The number of carbonyl (C=O) groups excluding carboxylic acids is 2. The van der Waals surface area contributed by atoms with Crippen LogP contribution in [0.2, 0.25) is 0 Å². The molecule has 100 valence electrons. The van der Waals surface area contributed by atoms with Crippen LogP contribution in [0.1, 0.15) is 15.9 Å². The van der Waals surface area contributed by atoms with Crippen molar-refractivity contribution in [3.05, 3.63) is 59.3 Å². The largest absolute Gasteiger partial charge is 0.351 e. The zero-order valence-electron chi connectivity index (χ0n) is 11.4. The molecule has 0 saturated carbocycles. The number of rotatable bonds is 0. The number of benzene rings is 2. The van der Waals surface area contributed by atoms with Gasteiger partial charge >= 0.3 is 0 Å². The Labute approximate surface area is 122 Å². The van der Waals surface area contributed by atoms with Crippen molar-refractivity contribution in [3.8, 4) is 0 Å². The first-order chi connectivity index (χ1) is 10.1. The fourth-order valence-electron chi connectivity index (χ4n) is 2.83. The lowest BCUT2D eigenvalue weighted by Gasteiger charge is -2.03. The van der Waals surface area contributed by atoms with Gasteiger partial charge in [0.2, 0.25) is 5.78 Å². The number of hydrogen-bond acceptors (Lipinski definition) is 3. The highest BCUT2D eigenvalue weighted by Crippen LogP contribution is 2.38. The predicted octanol–water partition coefficient (Wildman–Crippen LogP) is 0.917. The zero-order chi connectivity index (χ0) is 14.6. The number of hydrogen-bond donors (Lipinski definition) is 2. The quantitative estimate of drug-likeness (QED) is 0.554. The average Bonchev–Trinajstić information content (AvgIpc) is 2.95. The van der Waals surface area contributed by atoms with Crippen molar-refractivity contribution >= 4 is 41.9 Å². The summed E-state index contributed by atoms with van der Waals surface area (Å²) >= 11 is 0. The van der Waals surface area contributed by atoms with Gasteiger partial charge < -0.3 is 10.6 Å². The summed E-state index contributed by atoms with van der Waals surface area (Å²) in [6, 6.07) is 13.0. The first-order valence-electron chi connectivity index (χ1n) is 6.72. The van der Waals surface area contributed by atoms with Gasteiger partial charge in [-0.05, 0) is 18.2 Å². The van der Waals surface area contributed by atoms with Gasteiger partial charge in [-0.1, -0.05) is 29.7 Å². The molecule has 0 atom stereocenters. The maximum Gasteiger partial charge on any atom is 0.258 e. The van der Waals surface area contributed by atoms with Crippen LogP contribution in [0, 0.1) is 0 Å². The molecule has 21 heavy (non-hydrogen) atoms. The molecule has 2 aromatic carbocycles. The Balaban J connectivity index is 1.92. The van der Waals surface area contributed by atoms with Crippen molar-refractivity contribution in [2.75, 3.05) is 10.6 Å². The molecule has 0 bridgehead atoms. The average molecular weight is 274 g/mol. The Morgan fingerprint density at radius 1 is 0.857 bits per heavy atom. The van der Waals surface area contributed by atoms with Crippen LogP contribution in [0.25, 0.3) is 5.57 Å². The lowest BCUT2D eigenvalue weighted by Crippen LogP contribution is -2.11. The van der Waals surface area contributed by atoms with Gasteiger partial charge in [0.05, 0.1) is 5.57 Å². The number of ketones is 1. The maximum atomic E-state index is 12.6. The Bertz CT molecular complexity index is 855. The van der Waals surface area contributed by atoms with E-state index in [4.69, 9.17) is 0 Å². The van der Waals surface area contributed by atoms with Gasteiger partial charge in [-0.3, -0.25) is 9.59 Å². The van der Waals surface area contributed by atoms with Gasteiger partial charge in [-0.2, -0.15) is 0 Å². The SMILES string of the molecule is Bc1ccc2c(c1)N/C(=C1\C(=O)Nc3ccccc31)C2=O. The summed E-state index contributed by atoms with van der Waals surface area (Å²) in [5, 5.41) is 5.90. The minimum absolute atomic E-state index is 0.133. The van der Waals surface area contributed by atoms with E-state index in [-0.39, 0.29) is 11.7 Å². The second-order valence-electron chi connectivity index (χ2n) is 5.25. The molecule has 2 aromatic rings. The number of carbonyl (C=O) groups is 2. The van der Waals surface area contributed by atoms with Crippen molar-refractivity contribution in [2.24, 2.45) is 0 Å². The van der Waals surface area contributed by atoms with Crippen molar-refractivity contribution in [1.82, 2.24) is 0 Å². The number of anilines is 2. The summed E-state index contributed by atoms with van der Waals surface area (Å²) in [5.41, 5.74) is 4.73. The van der Waals surface area contributed by atoms with Crippen LogP contribution in [-0.4, -0.2) is 19.5 Å². The lowest BCUT2D eigenvalue weighted by atomic mass is 9.94. The Morgan fingerprint density at radius 3 is 2.52 bits per heavy atom. The Hall–Kier alpha value is -2.82. The highest BCUT2D eigenvalue weighted by molar-refractivity contribution is 6.39. The Kier molecular flexibility index (Phi) is 2.33. The fraction of sp³-hybridized carbons (Fsp3) is 0. The number of Topliss-reactive ketones (excluding diaryl/α,β-unsaturated/α-hetero) is 1. The second kappa shape index (κ2) is 4.09. The third-order valence-corrected chi connectivity index (χ3v) is 3.83. The molecule has 2 heterocycles. The first-order valence-corrected chi connectivity index (χ1v) is 6.72. The minimum Gasteiger partial charge on any atom is -0.351 e. The molecule has 1 amide bonds. The smallest absolute Gasteiger partial charge is 0.258 e. The number of fused-ring (bicyclic) bond motifs is 2. The molecule has 4 rings (SSSR count). The molecule has 2 aliphatic rings. The molecule has 0 aromatic heterocycles. The fourth-order valence-corrected chi connectivity index (χ4v) is 2.83. The molecular formula is C16H11BN2O2.